The van der Waals surface area contributed by atoms with Crippen molar-refractivity contribution in [3.63, 3.8) is 0 Å². The Morgan fingerprint density at radius 2 is 2.31 bits per heavy atom. The number of rotatable bonds is 3. The molecule has 0 radical (unpaired) electrons. The zero-order chi connectivity index (χ0) is 11.0. The van der Waals surface area contributed by atoms with Crippen molar-refractivity contribution in [3.8, 4) is 0 Å². The van der Waals surface area contributed by atoms with Crippen LogP contribution in [-0.2, 0) is 4.74 Å². The molecular formula is C14H23NO. The first kappa shape index (κ1) is 10.6. The first-order valence-electron chi connectivity index (χ1n) is 6.88. The van der Waals surface area contributed by atoms with Crippen molar-refractivity contribution in [1.29, 1.82) is 0 Å². The third-order valence-corrected chi connectivity index (χ3v) is 4.80. The minimum absolute atomic E-state index is 0.496. The van der Waals surface area contributed by atoms with Gasteiger partial charge in [0.15, 0.2) is 0 Å². The molecule has 0 aromatic carbocycles. The minimum Gasteiger partial charge on any atom is -0.497 e. The van der Waals surface area contributed by atoms with Gasteiger partial charge in [0.05, 0.1) is 12.6 Å². The summed E-state index contributed by atoms with van der Waals surface area (Å²) in [4.78, 5) is 0. The van der Waals surface area contributed by atoms with Gasteiger partial charge in [-0.05, 0) is 63.0 Å². The second-order valence-corrected chi connectivity index (χ2v) is 5.70. The van der Waals surface area contributed by atoms with Crippen molar-refractivity contribution in [2.75, 3.05) is 13.7 Å². The number of hydrogen-bond acceptors (Lipinski definition) is 2. The second-order valence-electron chi connectivity index (χ2n) is 5.70. The molecule has 1 aliphatic heterocycles. The number of likely N-dealkylation sites (N-methyl/N-ethyl adjacent to an activating group) is 1. The maximum atomic E-state index is 5.85. The van der Waals surface area contributed by atoms with E-state index in [0.29, 0.717) is 6.04 Å². The van der Waals surface area contributed by atoms with Gasteiger partial charge >= 0.3 is 0 Å². The van der Waals surface area contributed by atoms with Crippen LogP contribution in [0, 0.1) is 17.8 Å². The Morgan fingerprint density at radius 3 is 2.88 bits per heavy atom. The van der Waals surface area contributed by atoms with Crippen molar-refractivity contribution in [2.45, 2.75) is 44.6 Å². The van der Waals surface area contributed by atoms with Gasteiger partial charge in [-0.15, -0.1) is 0 Å². The molecule has 2 fully saturated rings. The molecule has 2 saturated carbocycles. The summed E-state index contributed by atoms with van der Waals surface area (Å²) in [5.74, 6) is 4.07. The summed E-state index contributed by atoms with van der Waals surface area (Å²) in [7, 11) is 2.09. The summed E-state index contributed by atoms with van der Waals surface area (Å²) in [6.07, 6.45) is 10.6. The Morgan fingerprint density at radius 1 is 1.38 bits per heavy atom. The van der Waals surface area contributed by atoms with E-state index in [2.05, 4.69) is 18.4 Å². The fourth-order valence-corrected chi connectivity index (χ4v) is 4.06. The molecule has 16 heavy (non-hydrogen) atoms. The van der Waals surface area contributed by atoms with E-state index in [0.717, 1.165) is 24.4 Å². The molecule has 0 aromatic rings. The van der Waals surface area contributed by atoms with Gasteiger partial charge in [-0.3, -0.25) is 0 Å². The standard InChI is InChI=1S/C14H23NO/c1-15-14(13-4-2-3-7-16-13)12-9-10-5-6-11(12)8-10/h4,10-12,14-15H,2-3,5-9H2,1H3. The molecule has 4 unspecified atom stereocenters. The molecule has 0 amide bonds. The lowest BCUT2D eigenvalue weighted by Gasteiger charge is -2.33. The van der Waals surface area contributed by atoms with Crippen LogP contribution in [-0.4, -0.2) is 19.7 Å². The summed E-state index contributed by atoms with van der Waals surface area (Å²) in [6.45, 7) is 0.921. The van der Waals surface area contributed by atoms with Crippen molar-refractivity contribution in [2.24, 2.45) is 17.8 Å². The van der Waals surface area contributed by atoms with E-state index in [9.17, 15) is 0 Å². The Labute approximate surface area is 98.4 Å². The molecule has 0 saturated heterocycles. The van der Waals surface area contributed by atoms with Gasteiger partial charge in [-0.2, -0.15) is 0 Å². The molecule has 3 aliphatic rings. The Bertz CT molecular complexity index is 286. The van der Waals surface area contributed by atoms with Crippen LogP contribution in [0.4, 0.5) is 0 Å². The van der Waals surface area contributed by atoms with E-state index in [1.807, 2.05) is 0 Å². The van der Waals surface area contributed by atoms with Crippen LogP contribution >= 0.6 is 0 Å². The molecule has 2 bridgehead atoms. The summed E-state index contributed by atoms with van der Waals surface area (Å²) in [5.41, 5.74) is 0. The quantitative estimate of drug-likeness (QED) is 0.791. The lowest BCUT2D eigenvalue weighted by molar-refractivity contribution is 0.137. The molecule has 2 aliphatic carbocycles. The number of ether oxygens (including phenoxy) is 1. The Kier molecular flexibility index (Phi) is 2.93. The SMILES string of the molecule is CNC(C1=CCCCO1)C1CC2CCC1C2. The van der Waals surface area contributed by atoms with Crippen LogP contribution in [0.3, 0.4) is 0 Å². The van der Waals surface area contributed by atoms with Gasteiger partial charge in [0.2, 0.25) is 0 Å². The second kappa shape index (κ2) is 4.40. The van der Waals surface area contributed by atoms with Crippen molar-refractivity contribution in [3.05, 3.63) is 11.8 Å². The van der Waals surface area contributed by atoms with Gasteiger partial charge < -0.3 is 10.1 Å². The van der Waals surface area contributed by atoms with Crippen molar-refractivity contribution in [1.82, 2.24) is 5.32 Å². The highest BCUT2D eigenvalue weighted by molar-refractivity contribution is 5.11. The summed E-state index contributed by atoms with van der Waals surface area (Å²) < 4.78 is 5.85. The molecule has 2 nitrogen and oxygen atoms in total. The lowest BCUT2D eigenvalue weighted by atomic mass is 9.82. The first-order valence-corrected chi connectivity index (χ1v) is 6.88. The lowest BCUT2D eigenvalue weighted by Crippen LogP contribution is -2.39. The average molecular weight is 221 g/mol. The molecular weight excluding hydrogens is 198 g/mol. The molecule has 1 N–H and O–H groups in total. The first-order chi connectivity index (χ1) is 7.88. The highest BCUT2D eigenvalue weighted by Gasteiger charge is 2.44. The highest BCUT2D eigenvalue weighted by atomic mass is 16.5. The van der Waals surface area contributed by atoms with Crippen LogP contribution in [0.5, 0.6) is 0 Å². The smallest absolute Gasteiger partial charge is 0.109 e. The molecule has 3 rings (SSSR count). The van der Waals surface area contributed by atoms with E-state index >= 15 is 0 Å². The van der Waals surface area contributed by atoms with E-state index < -0.39 is 0 Å². The third-order valence-electron chi connectivity index (χ3n) is 4.80. The van der Waals surface area contributed by atoms with Crippen LogP contribution in [0.2, 0.25) is 0 Å². The molecule has 90 valence electrons. The van der Waals surface area contributed by atoms with Crippen molar-refractivity contribution >= 4 is 0 Å². The average Bonchev–Trinajstić information content (AvgIpc) is 2.94. The van der Waals surface area contributed by atoms with Crippen LogP contribution in [0.1, 0.15) is 38.5 Å². The number of fused-ring (bicyclic) bond motifs is 2. The Balaban J connectivity index is 1.73. The topological polar surface area (TPSA) is 21.3 Å². The van der Waals surface area contributed by atoms with E-state index in [1.165, 1.54) is 44.3 Å². The summed E-state index contributed by atoms with van der Waals surface area (Å²) in [6, 6.07) is 0.496. The molecule has 1 heterocycles. The number of hydrogen-bond donors (Lipinski definition) is 1. The fraction of sp³-hybridized carbons (Fsp3) is 0.857. The van der Waals surface area contributed by atoms with Crippen LogP contribution < -0.4 is 5.32 Å². The predicted octanol–water partition coefficient (Wildman–Crippen LogP) is 2.70. The number of allylic oxidation sites excluding steroid dienone is 1. The predicted molar refractivity (Wildman–Crippen MR) is 65.1 cm³/mol. The zero-order valence-corrected chi connectivity index (χ0v) is 10.2. The normalized spacial score (nSPS) is 39.3. The monoisotopic (exact) mass is 221 g/mol. The zero-order valence-electron chi connectivity index (χ0n) is 10.2. The molecule has 0 aromatic heterocycles. The van der Waals surface area contributed by atoms with Gasteiger partial charge in [0.25, 0.3) is 0 Å². The maximum Gasteiger partial charge on any atom is 0.109 e. The largest absolute Gasteiger partial charge is 0.497 e. The van der Waals surface area contributed by atoms with Gasteiger partial charge in [-0.25, -0.2) is 0 Å². The van der Waals surface area contributed by atoms with Gasteiger partial charge in [0, 0.05) is 0 Å². The van der Waals surface area contributed by atoms with Gasteiger partial charge in [0.1, 0.15) is 5.76 Å². The fourth-order valence-electron chi connectivity index (χ4n) is 4.06. The summed E-state index contributed by atoms with van der Waals surface area (Å²) >= 11 is 0. The number of nitrogens with one attached hydrogen (secondary N) is 1. The summed E-state index contributed by atoms with van der Waals surface area (Å²) in [5, 5.41) is 3.51. The molecule has 0 spiro atoms. The highest BCUT2D eigenvalue weighted by Crippen LogP contribution is 2.50. The van der Waals surface area contributed by atoms with E-state index in [1.54, 1.807) is 0 Å². The third kappa shape index (κ3) is 1.77. The Hall–Kier alpha value is -0.500. The van der Waals surface area contributed by atoms with Crippen LogP contribution in [0.15, 0.2) is 11.8 Å². The van der Waals surface area contributed by atoms with Crippen molar-refractivity contribution < 1.29 is 4.74 Å². The maximum absolute atomic E-state index is 5.85. The van der Waals surface area contributed by atoms with Crippen LogP contribution in [0.25, 0.3) is 0 Å². The minimum atomic E-state index is 0.496. The molecule has 2 heteroatoms. The van der Waals surface area contributed by atoms with Gasteiger partial charge in [-0.1, -0.05) is 6.42 Å². The van der Waals surface area contributed by atoms with E-state index in [4.69, 9.17) is 4.74 Å². The molecule has 4 atom stereocenters. The van der Waals surface area contributed by atoms with E-state index in [-0.39, 0.29) is 0 Å².